The lowest BCUT2D eigenvalue weighted by atomic mass is 9.72. The van der Waals surface area contributed by atoms with Crippen LogP contribution in [0.2, 0.25) is 0 Å². The molecular formula is C22H38O5. The zero-order valence-electron chi connectivity index (χ0n) is 17.6. The van der Waals surface area contributed by atoms with E-state index in [9.17, 15) is 0 Å². The molecular weight excluding hydrogens is 344 g/mol. The Morgan fingerprint density at radius 3 is 2.41 bits per heavy atom. The quantitative estimate of drug-likeness (QED) is 0.719. The number of hydrogen-bond donors (Lipinski definition) is 0. The Kier molecular flexibility index (Phi) is 6.15. The highest BCUT2D eigenvalue weighted by atomic mass is 16.7. The minimum Gasteiger partial charge on any atom is -0.379 e. The van der Waals surface area contributed by atoms with Gasteiger partial charge in [-0.15, -0.1) is 0 Å². The molecule has 0 amide bonds. The van der Waals surface area contributed by atoms with E-state index < -0.39 is 0 Å². The third-order valence-corrected chi connectivity index (χ3v) is 7.73. The van der Waals surface area contributed by atoms with E-state index in [1.807, 2.05) is 7.11 Å². The fraction of sp³-hybridized carbons (Fsp3) is 1.00. The highest BCUT2D eigenvalue weighted by molar-refractivity contribution is 4.94. The van der Waals surface area contributed by atoms with Crippen molar-refractivity contribution in [2.75, 3.05) is 13.9 Å². The van der Waals surface area contributed by atoms with Gasteiger partial charge in [-0.2, -0.15) is 0 Å². The average molecular weight is 383 g/mol. The molecule has 0 spiro atoms. The van der Waals surface area contributed by atoms with Crippen LogP contribution < -0.4 is 0 Å². The van der Waals surface area contributed by atoms with Crippen LogP contribution in [-0.4, -0.2) is 50.7 Å². The van der Waals surface area contributed by atoms with Gasteiger partial charge in [0.05, 0.1) is 24.4 Å². The molecule has 0 bridgehead atoms. The summed E-state index contributed by atoms with van der Waals surface area (Å²) in [5, 5.41) is 0. The maximum Gasteiger partial charge on any atom is 0.158 e. The number of ether oxygens (including phenoxy) is 5. The Hall–Kier alpha value is -0.200. The zero-order chi connectivity index (χ0) is 19.1. The smallest absolute Gasteiger partial charge is 0.158 e. The van der Waals surface area contributed by atoms with Crippen LogP contribution in [0.4, 0.5) is 0 Å². The van der Waals surface area contributed by atoms with Crippen molar-refractivity contribution in [1.82, 2.24) is 0 Å². The van der Waals surface area contributed by atoms with E-state index in [0.29, 0.717) is 42.5 Å². The van der Waals surface area contributed by atoms with Crippen molar-refractivity contribution in [3.8, 4) is 0 Å². The van der Waals surface area contributed by atoms with Crippen molar-refractivity contribution >= 4 is 0 Å². The van der Waals surface area contributed by atoms with E-state index in [1.165, 1.54) is 6.42 Å². The van der Waals surface area contributed by atoms with Gasteiger partial charge in [-0.25, -0.2) is 0 Å². The van der Waals surface area contributed by atoms with E-state index in [-0.39, 0.29) is 30.7 Å². The molecule has 2 aliphatic heterocycles. The van der Waals surface area contributed by atoms with Crippen molar-refractivity contribution in [3.05, 3.63) is 0 Å². The van der Waals surface area contributed by atoms with Gasteiger partial charge < -0.3 is 23.7 Å². The second kappa shape index (κ2) is 8.27. The molecule has 0 aromatic carbocycles. The van der Waals surface area contributed by atoms with Crippen LogP contribution in [0.15, 0.2) is 0 Å². The summed E-state index contributed by atoms with van der Waals surface area (Å²) >= 11 is 0. The van der Waals surface area contributed by atoms with Crippen LogP contribution in [0.3, 0.4) is 0 Å². The van der Waals surface area contributed by atoms with E-state index in [0.717, 1.165) is 25.7 Å². The summed E-state index contributed by atoms with van der Waals surface area (Å²) in [5.41, 5.74) is 0. The van der Waals surface area contributed by atoms with Crippen LogP contribution in [0.5, 0.6) is 0 Å². The molecule has 2 saturated heterocycles. The number of hydrogen-bond acceptors (Lipinski definition) is 5. The van der Waals surface area contributed by atoms with E-state index in [4.69, 9.17) is 23.7 Å². The normalized spacial score (nSPS) is 48.4. The summed E-state index contributed by atoms with van der Waals surface area (Å²) in [6, 6.07) is 0. The Morgan fingerprint density at radius 1 is 0.889 bits per heavy atom. The fourth-order valence-electron chi connectivity index (χ4n) is 5.90. The maximum atomic E-state index is 6.39. The van der Waals surface area contributed by atoms with Gasteiger partial charge in [0.1, 0.15) is 12.9 Å². The van der Waals surface area contributed by atoms with Crippen molar-refractivity contribution in [1.29, 1.82) is 0 Å². The first kappa shape index (κ1) is 20.1. The molecule has 0 aromatic heterocycles. The molecule has 4 aliphatic rings. The number of rotatable bonds is 5. The maximum absolute atomic E-state index is 6.39. The van der Waals surface area contributed by atoms with Crippen molar-refractivity contribution < 1.29 is 23.7 Å². The van der Waals surface area contributed by atoms with E-state index >= 15 is 0 Å². The topological polar surface area (TPSA) is 46.2 Å². The zero-order valence-corrected chi connectivity index (χ0v) is 17.6. The number of fused-ring (bicyclic) bond motifs is 2. The first-order valence-corrected chi connectivity index (χ1v) is 11.0. The molecule has 10 unspecified atom stereocenters. The molecule has 156 valence electrons. The van der Waals surface area contributed by atoms with Crippen molar-refractivity contribution in [2.45, 2.75) is 96.6 Å². The third-order valence-electron chi connectivity index (χ3n) is 7.73. The summed E-state index contributed by atoms with van der Waals surface area (Å²) < 4.78 is 30.1. The molecule has 2 aliphatic carbocycles. The lowest BCUT2D eigenvalue weighted by molar-refractivity contribution is -0.104. The summed E-state index contributed by atoms with van der Waals surface area (Å²) in [4.78, 5) is 0. The van der Waals surface area contributed by atoms with E-state index in [1.54, 1.807) is 0 Å². The SMILES string of the molecule is COC1CC(C(C)C)CC2OC(CC(C)C3CC(C)C4OCOC4C3)OC12. The second-order valence-electron chi connectivity index (χ2n) is 9.83. The summed E-state index contributed by atoms with van der Waals surface area (Å²) in [7, 11) is 1.81. The fourth-order valence-corrected chi connectivity index (χ4v) is 5.90. The lowest BCUT2D eigenvalue weighted by Gasteiger charge is -2.38. The molecule has 4 rings (SSSR count). The molecule has 27 heavy (non-hydrogen) atoms. The molecule has 4 fully saturated rings. The van der Waals surface area contributed by atoms with Crippen LogP contribution in [0.1, 0.15) is 59.8 Å². The Labute approximate surface area is 164 Å². The lowest BCUT2D eigenvalue weighted by Crippen LogP contribution is -2.44. The van der Waals surface area contributed by atoms with Crippen LogP contribution in [0.25, 0.3) is 0 Å². The molecule has 2 heterocycles. The average Bonchev–Trinajstić information content (AvgIpc) is 3.26. The summed E-state index contributed by atoms with van der Waals surface area (Å²) in [5.74, 6) is 3.10. The minimum atomic E-state index is -0.0904. The number of methoxy groups -OCH3 is 1. The first-order chi connectivity index (χ1) is 13.0. The monoisotopic (exact) mass is 382 g/mol. The Bertz CT molecular complexity index is 497. The Morgan fingerprint density at radius 2 is 1.67 bits per heavy atom. The van der Waals surface area contributed by atoms with Gasteiger partial charge in [0.25, 0.3) is 0 Å². The highest BCUT2D eigenvalue weighted by Crippen LogP contribution is 2.43. The minimum absolute atomic E-state index is 0.0904. The molecule has 5 heteroatoms. The van der Waals surface area contributed by atoms with Gasteiger partial charge >= 0.3 is 0 Å². The summed E-state index contributed by atoms with van der Waals surface area (Å²) in [6.45, 7) is 9.73. The van der Waals surface area contributed by atoms with Crippen LogP contribution >= 0.6 is 0 Å². The predicted octanol–water partition coefficient (Wildman–Crippen LogP) is 3.99. The molecule has 0 N–H and O–H groups in total. The standard InChI is InChI=1S/C22H38O5/c1-12(2)15-8-17(23-5)22-19(9-15)26-20(27-22)7-13(3)16-6-14(4)21-18(10-16)24-11-25-21/h12-22H,6-11H2,1-5H3. The van der Waals surface area contributed by atoms with Crippen molar-refractivity contribution in [3.63, 3.8) is 0 Å². The van der Waals surface area contributed by atoms with E-state index in [2.05, 4.69) is 27.7 Å². The van der Waals surface area contributed by atoms with Gasteiger partial charge in [-0.05, 0) is 55.3 Å². The predicted molar refractivity (Wildman–Crippen MR) is 102 cm³/mol. The largest absolute Gasteiger partial charge is 0.379 e. The highest BCUT2D eigenvalue weighted by Gasteiger charge is 2.48. The third kappa shape index (κ3) is 4.09. The van der Waals surface area contributed by atoms with Crippen LogP contribution in [0, 0.1) is 29.6 Å². The molecule has 5 nitrogen and oxygen atoms in total. The first-order valence-electron chi connectivity index (χ1n) is 11.0. The molecule has 0 aromatic rings. The molecule has 0 radical (unpaired) electrons. The van der Waals surface area contributed by atoms with Gasteiger partial charge in [-0.1, -0.05) is 27.7 Å². The van der Waals surface area contributed by atoms with Gasteiger partial charge in [0, 0.05) is 13.5 Å². The van der Waals surface area contributed by atoms with Gasteiger partial charge in [0.15, 0.2) is 6.29 Å². The van der Waals surface area contributed by atoms with Gasteiger partial charge in [-0.3, -0.25) is 0 Å². The van der Waals surface area contributed by atoms with Crippen molar-refractivity contribution in [2.24, 2.45) is 29.6 Å². The summed E-state index contributed by atoms with van der Waals surface area (Å²) in [6.07, 6.45) is 6.40. The second-order valence-corrected chi connectivity index (χ2v) is 9.83. The molecule has 2 saturated carbocycles. The Balaban J connectivity index is 1.34. The van der Waals surface area contributed by atoms with Gasteiger partial charge in [0.2, 0.25) is 0 Å². The van der Waals surface area contributed by atoms with Crippen LogP contribution in [-0.2, 0) is 23.7 Å². The molecule has 10 atom stereocenters.